The van der Waals surface area contributed by atoms with Crippen molar-refractivity contribution in [1.82, 2.24) is 19.3 Å². The van der Waals surface area contributed by atoms with Crippen LogP contribution in [0.5, 0.6) is 0 Å². The summed E-state index contributed by atoms with van der Waals surface area (Å²) in [6, 6.07) is 0. The Labute approximate surface area is 174 Å². The van der Waals surface area contributed by atoms with E-state index in [1.807, 2.05) is 27.7 Å². The van der Waals surface area contributed by atoms with Crippen molar-refractivity contribution in [2.75, 3.05) is 26.2 Å². The molecule has 0 bridgehead atoms. The first-order valence-electron chi connectivity index (χ1n) is 10.3. The van der Waals surface area contributed by atoms with E-state index in [-0.39, 0.29) is 0 Å². The Morgan fingerprint density at radius 3 is 2.00 bits per heavy atom. The molecule has 1 saturated heterocycles. The molecule has 7 nitrogen and oxygen atoms in total. The van der Waals surface area contributed by atoms with Gasteiger partial charge >= 0.3 is 0 Å². The molecule has 29 heavy (non-hydrogen) atoms. The van der Waals surface area contributed by atoms with Crippen molar-refractivity contribution >= 4 is 10.0 Å². The SMILES string of the molecule is CCCc1nc(CN2CCN(S(=O)(=O)c3c(C)c(C)c(C)c(C)c3C)CC2)no1. The van der Waals surface area contributed by atoms with E-state index in [0.29, 0.717) is 49.3 Å². The summed E-state index contributed by atoms with van der Waals surface area (Å²) in [5, 5.41) is 4.04. The third-order valence-corrected chi connectivity index (χ3v) is 8.37. The summed E-state index contributed by atoms with van der Waals surface area (Å²) < 4.78 is 33.8. The maximum absolute atomic E-state index is 13.5. The molecule has 0 radical (unpaired) electrons. The van der Waals surface area contributed by atoms with Crippen LogP contribution in [0.1, 0.15) is 52.9 Å². The fourth-order valence-electron chi connectivity index (χ4n) is 3.98. The van der Waals surface area contributed by atoms with E-state index in [9.17, 15) is 8.42 Å². The second kappa shape index (κ2) is 8.53. The average Bonchev–Trinajstić information content (AvgIpc) is 3.12. The van der Waals surface area contributed by atoms with Crippen molar-refractivity contribution in [3.63, 3.8) is 0 Å². The van der Waals surface area contributed by atoms with Crippen LogP contribution in [0, 0.1) is 34.6 Å². The maximum Gasteiger partial charge on any atom is 0.243 e. The summed E-state index contributed by atoms with van der Waals surface area (Å²) >= 11 is 0. The quantitative estimate of drug-likeness (QED) is 0.715. The average molecular weight is 421 g/mol. The van der Waals surface area contributed by atoms with Gasteiger partial charge in [-0.15, -0.1) is 0 Å². The third kappa shape index (κ3) is 4.25. The first-order valence-corrected chi connectivity index (χ1v) is 11.7. The lowest BCUT2D eigenvalue weighted by molar-refractivity contribution is 0.176. The van der Waals surface area contributed by atoms with Gasteiger partial charge in [0.2, 0.25) is 15.9 Å². The van der Waals surface area contributed by atoms with Crippen LogP contribution in [0.25, 0.3) is 0 Å². The van der Waals surface area contributed by atoms with Gasteiger partial charge in [-0.2, -0.15) is 9.29 Å². The molecule has 0 amide bonds. The summed E-state index contributed by atoms with van der Waals surface area (Å²) in [5.74, 6) is 1.33. The molecule has 8 heteroatoms. The van der Waals surface area contributed by atoms with Gasteiger partial charge in [-0.3, -0.25) is 4.90 Å². The van der Waals surface area contributed by atoms with E-state index in [0.717, 1.165) is 35.1 Å². The predicted octanol–water partition coefficient (Wildman–Crippen LogP) is 3.07. The van der Waals surface area contributed by atoms with Gasteiger partial charge in [-0.05, 0) is 68.9 Å². The smallest absolute Gasteiger partial charge is 0.243 e. The standard InChI is InChI=1S/C21H32N4O3S/c1-7-8-20-22-19(23-28-20)13-24-9-11-25(12-10-24)29(26,27)21-17(5)15(3)14(2)16(4)18(21)6/h7-13H2,1-6H3. The largest absolute Gasteiger partial charge is 0.339 e. The molecule has 0 spiro atoms. The highest BCUT2D eigenvalue weighted by molar-refractivity contribution is 7.89. The zero-order valence-electron chi connectivity index (χ0n) is 18.4. The van der Waals surface area contributed by atoms with E-state index in [4.69, 9.17) is 4.52 Å². The lowest BCUT2D eigenvalue weighted by atomic mass is 9.95. The molecule has 1 aromatic heterocycles. The van der Waals surface area contributed by atoms with Gasteiger partial charge in [-0.25, -0.2) is 8.42 Å². The molecule has 0 atom stereocenters. The molecule has 2 heterocycles. The molecular formula is C21H32N4O3S. The number of aryl methyl sites for hydroxylation is 1. The highest BCUT2D eigenvalue weighted by Gasteiger charge is 2.32. The Morgan fingerprint density at radius 2 is 1.45 bits per heavy atom. The van der Waals surface area contributed by atoms with Crippen LogP contribution in [0.3, 0.4) is 0 Å². The monoisotopic (exact) mass is 420 g/mol. The Morgan fingerprint density at radius 1 is 0.897 bits per heavy atom. The number of nitrogens with zero attached hydrogens (tertiary/aromatic N) is 4. The molecular weight excluding hydrogens is 388 g/mol. The predicted molar refractivity (Wildman–Crippen MR) is 112 cm³/mol. The number of hydrogen-bond donors (Lipinski definition) is 0. The molecule has 0 unspecified atom stereocenters. The van der Waals surface area contributed by atoms with E-state index < -0.39 is 10.0 Å². The van der Waals surface area contributed by atoms with Crippen molar-refractivity contribution in [3.05, 3.63) is 39.5 Å². The minimum absolute atomic E-state index is 0.465. The zero-order chi connectivity index (χ0) is 21.3. The molecule has 1 fully saturated rings. The molecule has 1 aromatic carbocycles. The first kappa shape index (κ1) is 21.9. The maximum atomic E-state index is 13.5. The van der Waals surface area contributed by atoms with Crippen LogP contribution in [0.4, 0.5) is 0 Å². The van der Waals surface area contributed by atoms with Gasteiger partial charge < -0.3 is 4.52 Å². The lowest BCUT2D eigenvalue weighted by Crippen LogP contribution is -2.48. The summed E-state index contributed by atoms with van der Waals surface area (Å²) in [6.45, 7) is 14.8. The van der Waals surface area contributed by atoms with Crippen molar-refractivity contribution < 1.29 is 12.9 Å². The number of piperazine rings is 1. The number of benzene rings is 1. The van der Waals surface area contributed by atoms with Crippen LogP contribution in [-0.2, 0) is 23.0 Å². The third-order valence-electron chi connectivity index (χ3n) is 6.20. The number of aromatic nitrogens is 2. The van der Waals surface area contributed by atoms with Gasteiger partial charge in [-0.1, -0.05) is 12.1 Å². The molecule has 2 aromatic rings. The fourth-order valence-corrected chi connectivity index (χ4v) is 5.96. The minimum atomic E-state index is -3.53. The Kier molecular flexibility index (Phi) is 6.45. The van der Waals surface area contributed by atoms with Gasteiger partial charge in [0.25, 0.3) is 0 Å². The van der Waals surface area contributed by atoms with Gasteiger partial charge in [0.15, 0.2) is 5.82 Å². The number of rotatable bonds is 6. The first-order chi connectivity index (χ1) is 13.7. The van der Waals surface area contributed by atoms with Crippen molar-refractivity contribution in [2.45, 2.75) is 65.8 Å². The highest BCUT2D eigenvalue weighted by atomic mass is 32.2. The van der Waals surface area contributed by atoms with Crippen LogP contribution in [0.15, 0.2) is 9.42 Å². The topological polar surface area (TPSA) is 79.5 Å². The molecule has 0 N–H and O–H groups in total. The molecule has 0 saturated carbocycles. The van der Waals surface area contributed by atoms with Crippen LogP contribution in [0.2, 0.25) is 0 Å². The molecule has 0 aliphatic carbocycles. The second-order valence-electron chi connectivity index (χ2n) is 7.99. The van der Waals surface area contributed by atoms with E-state index in [2.05, 4.69) is 28.9 Å². The van der Waals surface area contributed by atoms with Gasteiger partial charge in [0, 0.05) is 32.6 Å². The summed E-state index contributed by atoms with van der Waals surface area (Å²) in [4.78, 5) is 7.07. The molecule has 3 rings (SSSR count). The zero-order valence-corrected chi connectivity index (χ0v) is 19.2. The minimum Gasteiger partial charge on any atom is -0.339 e. The number of hydrogen-bond acceptors (Lipinski definition) is 6. The lowest BCUT2D eigenvalue weighted by Gasteiger charge is -2.34. The second-order valence-corrected chi connectivity index (χ2v) is 9.86. The normalized spacial score (nSPS) is 16.5. The molecule has 1 aliphatic heterocycles. The van der Waals surface area contributed by atoms with E-state index >= 15 is 0 Å². The van der Waals surface area contributed by atoms with Crippen molar-refractivity contribution in [3.8, 4) is 0 Å². The fraction of sp³-hybridized carbons (Fsp3) is 0.619. The van der Waals surface area contributed by atoms with E-state index in [1.165, 1.54) is 5.56 Å². The highest BCUT2D eigenvalue weighted by Crippen LogP contribution is 2.32. The van der Waals surface area contributed by atoms with Gasteiger partial charge in [0.1, 0.15) is 0 Å². The molecule has 160 valence electrons. The van der Waals surface area contributed by atoms with Crippen molar-refractivity contribution in [2.24, 2.45) is 0 Å². The summed E-state index contributed by atoms with van der Waals surface area (Å²) in [7, 11) is -3.53. The summed E-state index contributed by atoms with van der Waals surface area (Å²) in [6.07, 6.45) is 1.75. The molecule has 1 aliphatic rings. The Bertz CT molecular complexity index is 961. The Balaban J connectivity index is 1.73. The Hall–Kier alpha value is -1.77. The van der Waals surface area contributed by atoms with Crippen LogP contribution >= 0.6 is 0 Å². The van der Waals surface area contributed by atoms with Crippen LogP contribution in [-0.4, -0.2) is 53.9 Å². The summed E-state index contributed by atoms with van der Waals surface area (Å²) in [5.41, 5.74) is 5.02. The van der Waals surface area contributed by atoms with Crippen molar-refractivity contribution in [1.29, 1.82) is 0 Å². The van der Waals surface area contributed by atoms with E-state index in [1.54, 1.807) is 4.31 Å². The number of sulfonamides is 1. The van der Waals surface area contributed by atoms with Crippen LogP contribution < -0.4 is 0 Å². The van der Waals surface area contributed by atoms with Gasteiger partial charge in [0.05, 0.1) is 11.4 Å².